The lowest BCUT2D eigenvalue weighted by molar-refractivity contribution is 0.603. The second-order valence-electron chi connectivity index (χ2n) is 11.0. The third-order valence-electron chi connectivity index (χ3n) is 8.60. The van der Waals surface area contributed by atoms with Crippen molar-refractivity contribution in [1.29, 1.82) is 0 Å². The molecule has 7 aromatic carbocycles. The molecule has 1 aromatic heterocycles. The minimum atomic E-state index is 0.750. The first-order valence-electron chi connectivity index (χ1n) is 14.6. The van der Waals surface area contributed by atoms with Crippen molar-refractivity contribution < 1.29 is 4.42 Å². The quantitative estimate of drug-likeness (QED) is 0.195. The van der Waals surface area contributed by atoms with Crippen molar-refractivity contribution in [2.24, 2.45) is 0 Å². The van der Waals surface area contributed by atoms with Crippen LogP contribution in [0.1, 0.15) is 11.3 Å². The van der Waals surface area contributed by atoms with Crippen molar-refractivity contribution >= 4 is 55.4 Å². The maximum atomic E-state index is 6.00. The van der Waals surface area contributed by atoms with E-state index < -0.39 is 0 Å². The van der Waals surface area contributed by atoms with Crippen molar-refractivity contribution in [3.05, 3.63) is 158 Å². The summed E-state index contributed by atoms with van der Waals surface area (Å²) in [6, 6.07) is 48.3. The van der Waals surface area contributed by atoms with E-state index in [1.165, 1.54) is 54.6 Å². The van der Waals surface area contributed by atoms with Crippen molar-refractivity contribution in [2.75, 3.05) is 0 Å². The molecule has 0 atom stereocenters. The summed E-state index contributed by atoms with van der Waals surface area (Å²) in [5.41, 5.74) is 9.06. The molecule has 8 rings (SSSR count). The maximum Gasteiger partial charge on any atom is 0.135 e. The second kappa shape index (κ2) is 10.0. The summed E-state index contributed by atoms with van der Waals surface area (Å²) in [7, 11) is 0. The van der Waals surface area contributed by atoms with Gasteiger partial charge in [-0.05, 0) is 96.0 Å². The van der Waals surface area contributed by atoms with Gasteiger partial charge in [0.2, 0.25) is 0 Å². The molecule has 1 nitrogen and oxygen atoms in total. The third kappa shape index (κ3) is 4.01. The van der Waals surface area contributed by atoms with Gasteiger partial charge in [0, 0.05) is 10.9 Å². The first kappa shape index (κ1) is 25.1. The Bertz CT molecular complexity index is 2330. The predicted molar refractivity (Wildman–Crippen MR) is 185 cm³/mol. The van der Waals surface area contributed by atoms with E-state index in [1.54, 1.807) is 6.08 Å². The standard InChI is InChI=1S/C42H28O/c1-3-33-38-26-30(22-23-40(38)43-39(33)4-2)29-14-11-15-31(25-29)41-34-16-7-9-18-36(34)42(37-19-10-8-17-35(37)41)32-21-20-27-12-5-6-13-28(27)24-32/h3-26H,1-2H2. The predicted octanol–water partition coefficient (Wildman–Crippen LogP) is 12.2. The van der Waals surface area contributed by atoms with Gasteiger partial charge in [-0.3, -0.25) is 0 Å². The highest BCUT2D eigenvalue weighted by Crippen LogP contribution is 2.44. The lowest BCUT2D eigenvalue weighted by Crippen LogP contribution is -1.91. The summed E-state index contributed by atoms with van der Waals surface area (Å²) in [4.78, 5) is 0. The fourth-order valence-electron chi connectivity index (χ4n) is 6.63. The fourth-order valence-corrected chi connectivity index (χ4v) is 6.63. The molecule has 0 aliphatic carbocycles. The van der Waals surface area contributed by atoms with E-state index in [0.29, 0.717) is 0 Å². The molecule has 43 heavy (non-hydrogen) atoms. The molecule has 0 aliphatic heterocycles. The van der Waals surface area contributed by atoms with E-state index in [1.807, 2.05) is 12.1 Å². The Kier molecular flexibility index (Phi) is 5.84. The molecular formula is C42H28O. The molecule has 0 unspecified atom stereocenters. The zero-order valence-corrected chi connectivity index (χ0v) is 23.7. The fraction of sp³-hybridized carbons (Fsp3) is 0. The molecule has 0 bridgehead atoms. The van der Waals surface area contributed by atoms with Crippen LogP contribution in [0.2, 0.25) is 0 Å². The third-order valence-corrected chi connectivity index (χ3v) is 8.60. The number of hydrogen-bond acceptors (Lipinski definition) is 1. The smallest absolute Gasteiger partial charge is 0.135 e. The first-order chi connectivity index (χ1) is 21.2. The highest BCUT2D eigenvalue weighted by Gasteiger charge is 2.17. The van der Waals surface area contributed by atoms with Gasteiger partial charge in [-0.15, -0.1) is 0 Å². The van der Waals surface area contributed by atoms with Crippen LogP contribution in [0.15, 0.2) is 151 Å². The first-order valence-corrected chi connectivity index (χ1v) is 14.6. The van der Waals surface area contributed by atoms with E-state index in [4.69, 9.17) is 4.42 Å². The summed E-state index contributed by atoms with van der Waals surface area (Å²) < 4.78 is 6.00. The van der Waals surface area contributed by atoms with E-state index in [0.717, 1.165) is 33.4 Å². The number of furan rings is 1. The van der Waals surface area contributed by atoms with Gasteiger partial charge in [0.05, 0.1) is 0 Å². The summed E-state index contributed by atoms with van der Waals surface area (Å²) in [6.07, 6.45) is 3.59. The SMILES string of the molecule is C=Cc1oc2ccc(-c3cccc(-c4c5ccccc5c(-c5ccc6ccccc6c5)c5ccccc45)c3)cc2c1C=C. The van der Waals surface area contributed by atoms with Gasteiger partial charge < -0.3 is 4.42 Å². The molecule has 1 heterocycles. The van der Waals surface area contributed by atoms with Crippen molar-refractivity contribution in [1.82, 2.24) is 0 Å². The zero-order valence-electron chi connectivity index (χ0n) is 23.7. The second-order valence-corrected chi connectivity index (χ2v) is 11.0. The van der Waals surface area contributed by atoms with E-state index >= 15 is 0 Å². The van der Waals surface area contributed by atoms with Crippen LogP contribution in [0.5, 0.6) is 0 Å². The van der Waals surface area contributed by atoms with Gasteiger partial charge in [-0.1, -0.05) is 128 Å². The maximum absolute atomic E-state index is 6.00. The summed E-state index contributed by atoms with van der Waals surface area (Å²) in [5, 5.41) is 8.55. The molecule has 0 spiro atoms. The number of hydrogen-bond donors (Lipinski definition) is 0. The minimum absolute atomic E-state index is 0.750. The van der Waals surface area contributed by atoms with E-state index in [9.17, 15) is 0 Å². The lowest BCUT2D eigenvalue weighted by atomic mass is 9.85. The normalized spacial score (nSPS) is 11.4. The van der Waals surface area contributed by atoms with Crippen LogP contribution in [0.3, 0.4) is 0 Å². The monoisotopic (exact) mass is 548 g/mol. The number of rotatable bonds is 5. The molecule has 0 saturated carbocycles. The molecule has 0 radical (unpaired) electrons. The van der Waals surface area contributed by atoms with Crippen LogP contribution >= 0.6 is 0 Å². The zero-order chi connectivity index (χ0) is 28.9. The molecule has 0 fully saturated rings. The lowest BCUT2D eigenvalue weighted by Gasteiger charge is -2.18. The summed E-state index contributed by atoms with van der Waals surface area (Å²) in [6.45, 7) is 7.92. The van der Waals surface area contributed by atoms with Crippen molar-refractivity contribution in [3.8, 4) is 33.4 Å². The van der Waals surface area contributed by atoms with Gasteiger partial charge in [0.15, 0.2) is 0 Å². The molecule has 202 valence electrons. The Morgan fingerprint density at radius 1 is 0.419 bits per heavy atom. The molecule has 0 saturated heterocycles. The van der Waals surface area contributed by atoms with Crippen LogP contribution in [0.4, 0.5) is 0 Å². The Morgan fingerprint density at radius 2 is 0.977 bits per heavy atom. The summed E-state index contributed by atoms with van der Waals surface area (Å²) >= 11 is 0. The largest absolute Gasteiger partial charge is 0.456 e. The minimum Gasteiger partial charge on any atom is -0.456 e. The van der Waals surface area contributed by atoms with Crippen LogP contribution in [0, 0.1) is 0 Å². The highest BCUT2D eigenvalue weighted by atomic mass is 16.3. The molecule has 0 N–H and O–H groups in total. The van der Waals surface area contributed by atoms with Gasteiger partial charge in [0.1, 0.15) is 11.3 Å². The summed E-state index contributed by atoms with van der Waals surface area (Å²) in [5.74, 6) is 0.750. The number of fused-ring (bicyclic) bond motifs is 4. The molecule has 0 aliphatic rings. The van der Waals surface area contributed by atoms with Crippen LogP contribution in [0.25, 0.3) is 88.8 Å². The van der Waals surface area contributed by atoms with Crippen molar-refractivity contribution in [3.63, 3.8) is 0 Å². The molecule has 1 heteroatoms. The van der Waals surface area contributed by atoms with E-state index in [2.05, 4.69) is 141 Å². The molecular weight excluding hydrogens is 520 g/mol. The average molecular weight is 549 g/mol. The van der Waals surface area contributed by atoms with Gasteiger partial charge in [-0.2, -0.15) is 0 Å². The molecule has 0 amide bonds. The Morgan fingerprint density at radius 3 is 1.63 bits per heavy atom. The van der Waals surface area contributed by atoms with Crippen molar-refractivity contribution in [2.45, 2.75) is 0 Å². The Labute approximate surface area is 250 Å². The van der Waals surface area contributed by atoms with Crippen LogP contribution < -0.4 is 0 Å². The Balaban J connectivity index is 1.37. The van der Waals surface area contributed by atoms with E-state index in [-0.39, 0.29) is 0 Å². The average Bonchev–Trinajstić information content (AvgIpc) is 3.44. The topological polar surface area (TPSA) is 13.1 Å². The van der Waals surface area contributed by atoms with Gasteiger partial charge in [-0.25, -0.2) is 0 Å². The van der Waals surface area contributed by atoms with Crippen LogP contribution in [-0.4, -0.2) is 0 Å². The number of benzene rings is 7. The van der Waals surface area contributed by atoms with Gasteiger partial charge in [0.25, 0.3) is 0 Å². The Hall–Kier alpha value is -5.66. The van der Waals surface area contributed by atoms with Gasteiger partial charge >= 0.3 is 0 Å². The highest BCUT2D eigenvalue weighted by molar-refractivity contribution is 6.21. The molecule has 8 aromatic rings. The van der Waals surface area contributed by atoms with Crippen LogP contribution in [-0.2, 0) is 0 Å².